The minimum absolute atomic E-state index is 0.746. The molecule has 0 saturated carbocycles. The molecule has 0 unspecified atom stereocenters. The van der Waals surface area contributed by atoms with Gasteiger partial charge in [0.05, 0.1) is 18.6 Å². The lowest BCUT2D eigenvalue weighted by Crippen LogP contribution is -1.99. The lowest BCUT2D eigenvalue weighted by Gasteiger charge is -2.03. The van der Waals surface area contributed by atoms with Gasteiger partial charge in [0.25, 0.3) is 0 Å². The van der Waals surface area contributed by atoms with Gasteiger partial charge in [-0.1, -0.05) is 66.7 Å². The molecule has 4 nitrogen and oxygen atoms in total. The predicted octanol–water partition coefficient (Wildman–Crippen LogP) is 4.05. The van der Waals surface area contributed by atoms with Crippen LogP contribution in [0.1, 0.15) is 16.8 Å². The van der Waals surface area contributed by atoms with Gasteiger partial charge in [-0.3, -0.25) is 0 Å². The molecule has 0 aliphatic carbocycles. The largest absolute Gasteiger partial charge is 0.311 e. The Kier molecular flexibility index (Phi) is 3.86. The van der Waals surface area contributed by atoms with Crippen LogP contribution in [-0.4, -0.2) is 19.5 Å². The highest BCUT2D eigenvalue weighted by molar-refractivity contribution is 5.83. The second-order valence-electron chi connectivity index (χ2n) is 5.53. The van der Waals surface area contributed by atoms with Crippen molar-refractivity contribution in [3.05, 3.63) is 90.1 Å². The van der Waals surface area contributed by atoms with Gasteiger partial charge < -0.3 is 4.57 Å². The second-order valence-corrected chi connectivity index (χ2v) is 5.53. The summed E-state index contributed by atoms with van der Waals surface area (Å²) in [6, 6.07) is 20.5. The van der Waals surface area contributed by atoms with Crippen LogP contribution in [0.15, 0.2) is 73.3 Å². The van der Waals surface area contributed by atoms with Crippen molar-refractivity contribution in [2.45, 2.75) is 6.54 Å². The zero-order valence-electron chi connectivity index (χ0n) is 13.1. The topological polar surface area (TPSA) is 43.6 Å². The monoisotopic (exact) mass is 312 g/mol. The van der Waals surface area contributed by atoms with Crippen LogP contribution in [0.5, 0.6) is 0 Å². The van der Waals surface area contributed by atoms with Crippen molar-refractivity contribution < 1.29 is 0 Å². The van der Waals surface area contributed by atoms with Crippen LogP contribution in [0, 0.1) is 0 Å². The summed E-state index contributed by atoms with van der Waals surface area (Å²) in [5, 5.41) is 0. The Labute approximate surface area is 140 Å². The molecule has 0 amide bonds. The highest BCUT2D eigenvalue weighted by Crippen LogP contribution is 2.17. The Hall–Kier alpha value is -3.27. The molecule has 0 radical (unpaired) electrons. The summed E-state index contributed by atoms with van der Waals surface area (Å²) in [5.41, 5.74) is 4.85. The maximum absolute atomic E-state index is 4.51. The van der Waals surface area contributed by atoms with Crippen LogP contribution in [0.2, 0.25) is 0 Å². The molecule has 2 heterocycles. The van der Waals surface area contributed by atoms with E-state index in [-0.39, 0.29) is 0 Å². The minimum atomic E-state index is 0.746. The number of rotatable bonds is 4. The fraction of sp³-hybridized carbons (Fsp3) is 0.0500. The Balaban J connectivity index is 1.68. The smallest absolute Gasteiger partial charge is 0.164 e. The molecule has 4 aromatic rings. The SMILES string of the molecule is C(=C\c1ncnc2c1ncn2Cc1ccccc1)/c1ccccc1. The van der Waals surface area contributed by atoms with E-state index in [0.29, 0.717) is 0 Å². The van der Waals surface area contributed by atoms with E-state index in [1.807, 2.05) is 59.4 Å². The molecule has 0 bridgehead atoms. The van der Waals surface area contributed by atoms with Crippen LogP contribution in [-0.2, 0) is 6.54 Å². The Morgan fingerprint density at radius 1 is 0.792 bits per heavy atom. The van der Waals surface area contributed by atoms with E-state index in [2.05, 4.69) is 39.2 Å². The number of imidazole rings is 1. The van der Waals surface area contributed by atoms with Gasteiger partial charge in [-0.05, 0) is 17.2 Å². The van der Waals surface area contributed by atoms with Crippen molar-refractivity contribution in [1.82, 2.24) is 19.5 Å². The van der Waals surface area contributed by atoms with Gasteiger partial charge in [-0.15, -0.1) is 0 Å². The third kappa shape index (κ3) is 2.94. The average molecular weight is 312 g/mol. The summed E-state index contributed by atoms with van der Waals surface area (Å²) in [5.74, 6) is 0. The highest BCUT2D eigenvalue weighted by Gasteiger charge is 2.08. The molecular formula is C20H16N4. The Morgan fingerprint density at radius 3 is 2.33 bits per heavy atom. The lowest BCUT2D eigenvalue weighted by molar-refractivity contribution is 0.813. The van der Waals surface area contributed by atoms with Crippen molar-refractivity contribution in [1.29, 1.82) is 0 Å². The molecule has 0 fully saturated rings. The second kappa shape index (κ2) is 6.46. The van der Waals surface area contributed by atoms with Crippen molar-refractivity contribution in [2.24, 2.45) is 0 Å². The maximum atomic E-state index is 4.51. The lowest BCUT2D eigenvalue weighted by atomic mass is 10.2. The standard InChI is InChI=1S/C20H16N4/c1-3-7-16(8-4-1)11-12-18-19-20(22-14-21-18)24(15-23-19)13-17-9-5-2-6-10-17/h1-12,14-15H,13H2/b12-11+. The van der Waals surface area contributed by atoms with E-state index < -0.39 is 0 Å². The molecule has 0 aliphatic rings. The first-order chi connectivity index (χ1) is 11.9. The van der Waals surface area contributed by atoms with E-state index >= 15 is 0 Å². The number of hydrogen-bond acceptors (Lipinski definition) is 3. The van der Waals surface area contributed by atoms with E-state index in [1.54, 1.807) is 6.33 Å². The van der Waals surface area contributed by atoms with E-state index in [0.717, 1.165) is 29.0 Å². The van der Waals surface area contributed by atoms with E-state index in [4.69, 9.17) is 0 Å². The molecule has 24 heavy (non-hydrogen) atoms. The van der Waals surface area contributed by atoms with Gasteiger partial charge in [0.2, 0.25) is 0 Å². The van der Waals surface area contributed by atoms with Crippen molar-refractivity contribution >= 4 is 23.3 Å². The molecule has 0 aliphatic heterocycles. The zero-order chi connectivity index (χ0) is 16.2. The van der Waals surface area contributed by atoms with Crippen LogP contribution in [0.25, 0.3) is 23.3 Å². The molecule has 116 valence electrons. The van der Waals surface area contributed by atoms with Gasteiger partial charge in [-0.25, -0.2) is 15.0 Å². The Morgan fingerprint density at radius 2 is 1.54 bits per heavy atom. The van der Waals surface area contributed by atoms with E-state index in [1.165, 1.54) is 5.56 Å². The van der Waals surface area contributed by atoms with Crippen LogP contribution >= 0.6 is 0 Å². The third-order valence-corrected chi connectivity index (χ3v) is 3.86. The molecule has 4 rings (SSSR count). The van der Waals surface area contributed by atoms with Gasteiger partial charge in [0.1, 0.15) is 11.8 Å². The summed E-state index contributed by atoms with van der Waals surface area (Å²) >= 11 is 0. The van der Waals surface area contributed by atoms with Gasteiger partial charge in [-0.2, -0.15) is 0 Å². The first-order valence-corrected chi connectivity index (χ1v) is 7.83. The first-order valence-electron chi connectivity index (χ1n) is 7.83. The number of benzene rings is 2. The van der Waals surface area contributed by atoms with Gasteiger partial charge >= 0.3 is 0 Å². The normalized spacial score (nSPS) is 11.3. The van der Waals surface area contributed by atoms with Crippen molar-refractivity contribution in [2.75, 3.05) is 0 Å². The van der Waals surface area contributed by atoms with Crippen LogP contribution in [0.4, 0.5) is 0 Å². The molecular weight excluding hydrogens is 296 g/mol. The fourth-order valence-corrected chi connectivity index (χ4v) is 2.66. The third-order valence-electron chi connectivity index (χ3n) is 3.86. The average Bonchev–Trinajstić information content (AvgIpc) is 3.05. The van der Waals surface area contributed by atoms with Gasteiger partial charge in [0, 0.05) is 0 Å². The first kappa shape index (κ1) is 14.3. The number of nitrogens with zero attached hydrogens (tertiary/aromatic N) is 4. The zero-order valence-corrected chi connectivity index (χ0v) is 13.1. The number of hydrogen-bond donors (Lipinski definition) is 0. The fourth-order valence-electron chi connectivity index (χ4n) is 2.66. The molecule has 0 N–H and O–H groups in total. The number of fused-ring (bicyclic) bond motifs is 1. The maximum Gasteiger partial charge on any atom is 0.164 e. The van der Waals surface area contributed by atoms with Crippen molar-refractivity contribution in [3.8, 4) is 0 Å². The summed E-state index contributed by atoms with van der Waals surface area (Å²) < 4.78 is 2.05. The summed E-state index contributed by atoms with van der Waals surface area (Å²) in [4.78, 5) is 13.3. The summed E-state index contributed by atoms with van der Waals surface area (Å²) in [6.45, 7) is 0.746. The summed E-state index contributed by atoms with van der Waals surface area (Å²) in [6.07, 6.45) is 7.44. The predicted molar refractivity (Wildman–Crippen MR) is 96.2 cm³/mol. The molecule has 2 aromatic carbocycles. The molecule has 0 saturated heterocycles. The van der Waals surface area contributed by atoms with Crippen LogP contribution < -0.4 is 0 Å². The molecule has 4 heteroatoms. The highest BCUT2D eigenvalue weighted by atomic mass is 15.1. The minimum Gasteiger partial charge on any atom is -0.311 e. The quantitative estimate of drug-likeness (QED) is 0.571. The van der Waals surface area contributed by atoms with Crippen LogP contribution in [0.3, 0.4) is 0 Å². The summed E-state index contributed by atoms with van der Waals surface area (Å²) in [7, 11) is 0. The molecule has 0 atom stereocenters. The molecule has 2 aromatic heterocycles. The number of aromatic nitrogens is 4. The Bertz CT molecular complexity index is 972. The van der Waals surface area contributed by atoms with Crippen molar-refractivity contribution in [3.63, 3.8) is 0 Å². The van der Waals surface area contributed by atoms with Gasteiger partial charge in [0.15, 0.2) is 5.65 Å². The van der Waals surface area contributed by atoms with E-state index in [9.17, 15) is 0 Å². The molecule has 0 spiro atoms.